The Bertz CT molecular complexity index is 517. The first-order valence-corrected chi connectivity index (χ1v) is 7.25. The van der Waals surface area contributed by atoms with Crippen LogP contribution in [0, 0.1) is 0 Å². The molecule has 0 fully saturated rings. The summed E-state index contributed by atoms with van der Waals surface area (Å²) < 4.78 is 2.10. The molecule has 1 N–H and O–H groups in total. The molecule has 94 valence electrons. The molecule has 1 atom stereocenters. The third kappa shape index (κ3) is 3.16. The minimum absolute atomic E-state index is 0.0474. The average Bonchev–Trinajstić information content (AvgIpc) is 2.38. The predicted octanol–water partition coefficient (Wildman–Crippen LogP) is 3.70. The van der Waals surface area contributed by atoms with Crippen LogP contribution in [0.25, 0.3) is 0 Å². The van der Waals surface area contributed by atoms with Crippen LogP contribution in [0.1, 0.15) is 24.2 Å². The summed E-state index contributed by atoms with van der Waals surface area (Å²) in [7, 11) is 0. The first-order valence-electron chi connectivity index (χ1n) is 5.66. The molecule has 2 rings (SSSR count). The topological polar surface area (TPSA) is 37.8 Å². The molecule has 0 amide bonds. The van der Waals surface area contributed by atoms with Gasteiger partial charge in [-0.25, -0.2) is 0 Å². The van der Waals surface area contributed by atoms with E-state index in [1.807, 2.05) is 12.1 Å². The molecule has 0 radical (unpaired) electrons. The highest BCUT2D eigenvalue weighted by Gasteiger charge is 2.17. The highest BCUT2D eigenvalue weighted by atomic mass is 79.9. The van der Waals surface area contributed by atoms with Gasteiger partial charge in [0.25, 0.3) is 0 Å². The van der Waals surface area contributed by atoms with Gasteiger partial charge in [-0.15, -0.1) is 0 Å². The van der Waals surface area contributed by atoms with Crippen molar-refractivity contribution in [3.05, 3.63) is 57.0 Å². The van der Waals surface area contributed by atoms with Crippen LogP contribution in [-0.4, -0.2) is 16.5 Å². The van der Waals surface area contributed by atoms with Crippen molar-refractivity contribution in [1.82, 2.24) is 15.3 Å². The van der Waals surface area contributed by atoms with Crippen molar-refractivity contribution in [3.8, 4) is 0 Å². The maximum Gasteiger partial charge on any atom is 0.0801 e. The van der Waals surface area contributed by atoms with E-state index in [9.17, 15) is 0 Å². The first kappa shape index (κ1) is 13.6. The van der Waals surface area contributed by atoms with Gasteiger partial charge in [0.15, 0.2) is 0 Å². The van der Waals surface area contributed by atoms with Crippen molar-refractivity contribution in [2.75, 3.05) is 6.54 Å². The van der Waals surface area contributed by atoms with Crippen LogP contribution in [0.15, 0.2) is 45.7 Å². The minimum atomic E-state index is 0.0474. The Morgan fingerprint density at radius 1 is 1.28 bits per heavy atom. The first-order chi connectivity index (χ1) is 8.72. The van der Waals surface area contributed by atoms with E-state index in [-0.39, 0.29) is 6.04 Å². The molecular formula is C13H13Br2N3. The van der Waals surface area contributed by atoms with Gasteiger partial charge >= 0.3 is 0 Å². The van der Waals surface area contributed by atoms with E-state index < -0.39 is 0 Å². The van der Waals surface area contributed by atoms with E-state index in [1.54, 1.807) is 18.6 Å². The lowest BCUT2D eigenvalue weighted by Crippen LogP contribution is -2.23. The number of aromatic nitrogens is 2. The van der Waals surface area contributed by atoms with Gasteiger partial charge in [-0.2, -0.15) is 0 Å². The van der Waals surface area contributed by atoms with Crippen molar-refractivity contribution in [3.63, 3.8) is 0 Å². The molecule has 0 aliphatic carbocycles. The normalized spacial score (nSPS) is 12.4. The molecule has 1 heterocycles. The van der Waals surface area contributed by atoms with Crippen molar-refractivity contribution < 1.29 is 0 Å². The number of rotatable bonds is 4. The van der Waals surface area contributed by atoms with Crippen LogP contribution in [0.4, 0.5) is 0 Å². The fourth-order valence-electron chi connectivity index (χ4n) is 1.77. The number of hydrogen-bond acceptors (Lipinski definition) is 3. The lowest BCUT2D eigenvalue weighted by Gasteiger charge is -2.19. The van der Waals surface area contributed by atoms with Crippen LogP contribution < -0.4 is 5.32 Å². The summed E-state index contributed by atoms with van der Waals surface area (Å²) in [5.41, 5.74) is 2.07. The van der Waals surface area contributed by atoms with Gasteiger partial charge < -0.3 is 5.32 Å². The van der Waals surface area contributed by atoms with E-state index in [1.165, 1.54) is 0 Å². The Morgan fingerprint density at radius 3 is 2.72 bits per heavy atom. The average molecular weight is 371 g/mol. The molecule has 0 saturated carbocycles. The van der Waals surface area contributed by atoms with Gasteiger partial charge in [0.2, 0.25) is 0 Å². The summed E-state index contributed by atoms with van der Waals surface area (Å²) in [5, 5.41) is 3.43. The highest BCUT2D eigenvalue weighted by molar-refractivity contribution is 9.11. The second-order valence-electron chi connectivity index (χ2n) is 3.79. The van der Waals surface area contributed by atoms with Crippen LogP contribution in [0.2, 0.25) is 0 Å². The fraction of sp³-hybridized carbons (Fsp3) is 0.231. The standard InChI is InChI=1S/C13H13Br2N3/c1-2-17-13(12-8-16-5-6-18-12)10-4-3-9(14)7-11(10)15/h3-8,13,17H,2H2,1H3. The summed E-state index contributed by atoms with van der Waals surface area (Å²) in [5.74, 6) is 0. The zero-order valence-corrected chi connectivity index (χ0v) is 13.1. The number of nitrogens with one attached hydrogen (secondary N) is 1. The summed E-state index contributed by atoms with van der Waals surface area (Å²) in [6.07, 6.45) is 5.19. The zero-order chi connectivity index (χ0) is 13.0. The van der Waals surface area contributed by atoms with Gasteiger partial charge in [0.05, 0.1) is 17.9 Å². The SMILES string of the molecule is CCNC(c1cnccn1)c1ccc(Br)cc1Br. The molecule has 0 aliphatic heterocycles. The molecule has 3 nitrogen and oxygen atoms in total. The molecule has 2 aromatic rings. The second kappa shape index (κ2) is 6.41. The number of benzene rings is 1. The van der Waals surface area contributed by atoms with Crippen LogP contribution in [0.5, 0.6) is 0 Å². The van der Waals surface area contributed by atoms with Gasteiger partial charge in [-0.3, -0.25) is 9.97 Å². The third-order valence-electron chi connectivity index (χ3n) is 2.56. The Kier molecular flexibility index (Phi) is 4.86. The van der Waals surface area contributed by atoms with Gasteiger partial charge in [0.1, 0.15) is 0 Å². The molecule has 0 saturated heterocycles. The summed E-state index contributed by atoms with van der Waals surface area (Å²) in [6.45, 7) is 2.94. The monoisotopic (exact) mass is 369 g/mol. The van der Waals surface area contributed by atoms with Gasteiger partial charge in [-0.05, 0) is 24.2 Å². The smallest absolute Gasteiger partial charge is 0.0801 e. The maximum atomic E-state index is 4.38. The molecule has 0 bridgehead atoms. The second-order valence-corrected chi connectivity index (χ2v) is 5.56. The van der Waals surface area contributed by atoms with Crippen LogP contribution in [-0.2, 0) is 0 Å². The Morgan fingerprint density at radius 2 is 2.11 bits per heavy atom. The predicted molar refractivity (Wildman–Crippen MR) is 79.4 cm³/mol. The summed E-state index contributed by atoms with van der Waals surface area (Å²) >= 11 is 7.06. The Labute approximate surface area is 123 Å². The van der Waals surface area contributed by atoms with Gasteiger partial charge in [-0.1, -0.05) is 44.8 Å². The molecule has 18 heavy (non-hydrogen) atoms. The molecule has 1 unspecified atom stereocenters. The molecule has 0 aliphatic rings. The molecule has 1 aromatic carbocycles. The summed E-state index contributed by atoms with van der Waals surface area (Å²) in [4.78, 5) is 8.51. The van der Waals surface area contributed by atoms with E-state index >= 15 is 0 Å². The van der Waals surface area contributed by atoms with E-state index in [2.05, 4.69) is 60.1 Å². The van der Waals surface area contributed by atoms with Crippen molar-refractivity contribution in [1.29, 1.82) is 0 Å². The number of hydrogen-bond donors (Lipinski definition) is 1. The highest BCUT2D eigenvalue weighted by Crippen LogP contribution is 2.29. The lowest BCUT2D eigenvalue weighted by atomic mass is 10.0. The van der Waals surface area contributed by atoms with E-state index in [0.717, 1.165) is 26.7 Å². The molecule has 1 aromatic heterocycles. The van der Waals surface area contributed by atoms with Crippen LogP contribution >= 0.6 is 31.9 Å². The van der Waals surface area contributed by atoms with Crippen molar-refractivity contribution >= 4 is 31.9 Å². The quantitative estimate of drug-likeness (QED) is 0.891. The Balaban J connectivity index is 2.41. The van der Waals surface area contributed by atoms with E-state index in [4.69, 9.17) is 0 Å². The van der Waals surface area contributed by atoms with Gasteiger partial charge in [0, 0.05) is 21.3 Å². The number of halogens is 2. The molecule has 5 heteroatoms. The largest absolute Gasteiger partial charge is 0.305 e. The van der Waals surface area contributed by atoms with E-state index in [0.29, 0.717) is 0 Å². The Hall–Kier alpha value is -0.780. The van der Waals surface area contributed by atoms with Crippen molar-refractivity contribution in [2.24, 2.45) is 0 Å². The van der Waals surface area contributed by atoms with Crippen molar-refractivity contribution in [2.45, 2.75) is 13.0 Å². The minimum Gasteiger partial charge on any atom is -0.305 e. The third-order valence-corrected chi connectivity index (χ3v) is 3.74. The number of nitrogens with zero attached hydrogens (tertiary/aromatic N) is 2. The fourth-order valence-corrected chi connectivity index (χ4v) is 3.05. The maximum absolute atomic E-state index is 4.38. The molecule has 0 spiro atoms. The zero-order valence-electron chi connectivity index (χ0n) is 9.90. The summed E-state index contributed by atoms with van der Waals surface area (Å²) in [6, 6.07) is 6.19. The lowest BCUT2D eigenvalue weighted by molar-refractivity contribution is 0.610. The van der Waals surface area contributed by atoms with Crippen LogP contribution in [0.3, 0.4) is 0 Å². The molecular weight excluding hydrogens is 358 g/mol.